The zero-order chi connectivity index (χ0) is 13.8. The first-order valence-corrected chi connectivity index (χ1v) is 6.81. The van der Waals surface area contributed by atoms with Crippen LogP contribution in [0.4, 0.5) is 0 Å². The predicted molar refractivity (Wildman–Crippen MR) is 77.7 cm³/mol. The van der Waals surface area contributed by atoms with E-state index >= 15 is 0 Å². The minimum atomic E-state index is 0.631. The van der Waals surface area contributed by atoms with Crippen LogP contribution in [0.3, 0.4) is 0 Å². The first-order chi connectivity index (χ1) is 9.08. The molecule has 0 unspecified atom stereocenters. The number of aryl methyl sites for hydroxylation is 1. The predicted octanol–water partition coefficient (Wildman–Crippen LogP) is 2.97. The van der Waals surface area contributed by atoms with Gasteiger partial charge in [0.05, 0.1) is 22.6 Å². The minimum absolute atomic E-state index is 0.631. The Bertz CT molecular complexity index is 529. The van der Waals surface area contributed by atoms with Crippen molar-refractivity contribution in [3.05, 3.63) is 40.9 Å². The van der Waals surface area contributed by atoms with Crippen LogP contribution in [-0.4, -0.2) is 21.3 Å². The summed E-state index contributed by atoms with van der Waals surface area (Å²) in [6, 6.07) is 2.01. The lowest BCUT2D eigenvalue weighted by Crippen LogP contribution is -2.20. The van der Waals surface area contributed by atoms with E-state index in [0.29, 0.717) is 10.9 Å². The van der Waals surface area contributed by atoms with Crippen molar-refractivity contribution in [2.45, 2.75) is 27.3 Å². The number of halogens is 1. The third kappa shape index (κ3) is 3.55. The van der Waals surface area contributed by atoms with Crippen LogP contribution in [0.1, 0.15) is 25.1 Å². The fraction of sp³-hybridized carbons (Fsp3) is 0.429. The van der Waals surface area contributed by atoms with Crippen LogP contribution in [0.2, 0.25) is 5.02 Å². The van der Waals surface area contributed by atoms with Gasteiger partial charge in [-0.05, 0) is 31.0 Å². The molecule has 0 atom stereocenters. The first-order valence-electron chi connectivity index (χ1n) is 6.43. The highest BCUT2D eigenvalue weighted by Gasteiger charge is 2.08. The molecule has 2 rings (SSSR count). The van der Waals surface area contributed by atoms with Crippen molar-refractivity contribution in [2.75, 3.05) is 6.54 Å². The fourth-order valence-electron chi connectivity index (χ4n) is 1.83. The number of nitrogens with zero attached hydrogens (tertiary/aromatic N) is 3. The standard InChI is InChI=1S/C14H19ClN4/c1-10(2)6-17-7-12-4-5-16-8-14(12)19-9-13(15)11(3)18-19/h4-5,8-10,17H,6-7H2,1-3H3. The van der Waals surface area contributed by atoms with Gasteiger partial charge in [0.1, 0.15) is 0 Å². The summed E-state index contributed by atoms with van der Waals surface area (Å²) in [7, 11) is 0. The van der Waals surface area contributed by atoms with Crippen molar-refractivity contribution in [3.63, 3.8) is 0 Å². The monoisotopic (exact) mass is 278 g/mol. The molecule has 0 aromatic carbocycles. The summed E-state index contributed by atoms with van der Waals surface area (Å²) in [5.41, 5.74) is 2.95. The maximum Gasteiger partial charge on any atom is 0.0874 e. The molecule has 0 radical (unpaired) electrons. The SMILES string of the molecule is Cc1nn(-c2cnccc2CNCC(C)C)cc1Cl. The second-order valence-electron chi connectivity index (χ2n) is 5.04. The van der Waals surface area contributed by atoms with E-state index in [1.54, 1.807) is 10.9 Å². The Morgan fingerprint density at radius 2 is 2.21 bits per heavy atom. The molecule has 0 aliphatic rings. The van der Waals surface area contributed by atoms with Crippen LogP contribution in [0.5, 0.6) is 0 Å². The topological polar surface area (TPSA) is 42.7 Å². The van der Waals surface area contributed by atoms with Gasteiger partial charge in [0.15, 0.2) is 0 Å². The number of pyridine rings is 1. The van der Waals surface area contributed by atoms with E-state index in [0.717, 1.165) is 30.0 Å². The maximum absolute atomic E-state index is 6.06. The third-order valence-corrected chi connectivity index (χ3v) is 3.21. The van der Waals surface area contributed by atoms with E-state index in [2.05, 4.69) is 29.2 Å². The largest absolute Gasteiger partial charge is 0.312 e. The second-order valence-corrected chi connectivity index (χ2v) is 5.44. The highest BCUT2D eigenvalue weighted by Crippen LogP contribution is 2.18. The minimum Gasteiger partial charge on any atom is -0.312 e. The highest BCUT2D eigenvalue weighted by atomic mass is 35.5. The van der Waals surface area contributed by atoms with E-state index in [9.17, 15) is 0 Å². The van der Waals surface area contributed by atoms with Crippen molar-refractivity contribution < 1.29 is 0 Å². The van der Waals surface area contributed by atoms with Gasteiger partial charge >= 0.3 is 0 Å². The summed E-state index contributed by atoms with van der Waals surface area (Å²) in [6.45, 7) is 8.06. The Labute approximate surface area is 118 Å². The van der Waals surface area contributed by atoms with Crippen LogP contribution in [0.15, 0.2) is 24.7 Å². The van der Waals surface area contributed by atoms with E-state index in [-0.39, 0.29) is 0 Å². The van der Waals surface area contributed by atoms with Gasteiger partial charge in [0.2, 0.25) is 0 Å². The third-order valence-electron chi connectivity index (χ3n) is 2.84. The lowest BCUT2D eigenvalue weighted by molar-refractivity contribution is 0.551. The van der Waals surface area contributed by atoms with E-state index in [1.807, 2.05) is 25.4 Å². The molecular formula is C14H19ClN4. The molecular weight excluding hydrogens is 260 g/mol. The number of nitrogens with one attached hydrogen (secondary N) is 1. The molecule has 4 nitrogen and oxygen atoms in total. The molecule has 2 aromatic heterocycles. The highest BCUT2D eigenvalue weighted by molar-refractivity contribution is 6.31. The van der Waals surface area contributed by atoms with E-state index < -0.39 is 0 Å². The summed E-state index contributed by atoms with van der Waals surface area (Å²) >= 11 is 6.06. The smallest absolute Gasteiger partial charge is 0.0874 e. The summed E-state index contributed by atoms with van der Waals surface area (Å²) < 4.78 is 1.79. The molecule has 2 aromatic rings. The lowest BCUT2D eigenvalue weighted by atomic mass is 10.2. The van der Waals surface area contributed by atoms with Crippen molar-refractivity contribution in [2.24, 2.45) is 5.92 Å². The Balaban J connectivity index is 2.20. The number of hydrogen-bond donors (Lipinski definition) is 1. The van der Waals surface area contributed by atoms with E-state index in [1.165, 1.54) is 0 Å². The molecule has 1 N–H and O–H groups in total. The molecule has 5 heteroatoms. The molecule has 0 bridgehead atoms. The van der Waals surface area contributed by atoms with Crippen LogP contribution in [0.25, 0.3) is 5.69 Å². The normalized spacial score (nSPS) is 11.2. The number of rotatable bonds is 5. The molecule has 0 aliphatic heterocycles. The van der Waals surface area contributed by atoms with Crippen molar-refractivity contribution in [1.29, 1.82) is 0 Å². The first kappa shape index (κ1) is 14.0. The zero-order valence-electron chi connectivity index (χ0n) is 11.5. The molecule has 0 aliphatic carbocycles. The molecule has 0 saturated carbocycles. The molecule has 0 saturated heterocycles. The van der Waals surface area contributed by atoms with Gasteiger partial charge in [-0.15, -0.1) is 0 Å². The van der Waals surface area contributed by atoms with E-state index in [4.69, 9.17) is 11.6 Å². The van der Waals surface area contributed by atoms with Gasteiger partial charge in [-0.2, -0.15) is 5.10 Å². The Morgan fingerprint density at radius 3 is 2.84 bits per heavy atom. The van der Waals surface area contributed by atoms with Crippen LogP contribution in [0, 0.1) is 12.8 Å². The van der Waals surface area contributed by atoms with Crippen LogP contribution >= 0.6 is 11.6 Å². The average molecular weight is 279 g/mol. The number of hydrogen-bond acceptors (Lipinski definition) is 3. The van der Waals surface area contributed by atoms with Gasteiger partial charge < -0.3 is 5.32 Å². The Hall–Kier alpha value is -1.39. The quantitative estimate of drug-likeness (QED) is 0.914. The fourth-order valence-corrected chi connectivity index (χ4v) is 1.96. The number of aromatic nitrogens is 3. The van der Waals surface area contributed by atoms with Gasteiger partial charge in [-0.1, -0.05) is 25.4 Å². The Morgan fingerprint density at radius 1 is 1.42 bits per heavy atom. The van der Waals surface area contributed by atoms with Gasteiger partial charge in [0.25, 0.3) is 0 Å². The molecule has 0 spiro atoms. The molecule has 19 heavy (non-hydrogen) atoms. The van der Waals surface area contributed by atoms with Crippen molar-refractivity contribution in [1.82, 2.24) is 20.1 Å². The maximum atomic E-state index is 6.06. The van der Waals surface area contributed by atoms with Gasteiger partial charge in [-0.25, -0.2) is 4.68 Å². The summed E-state index contributed by atoms with van der Waals surface area (Å²) in [5, 5.41) is 8.50. The summed E-state index contributed by atoms with van der Waals surface area (Å²) in [6.07, 6.45) is 5.43. The van der Waals surface area contributed by atoms with Crippen LogP contribution < -0.4 is 5.32 Å². The van der Waals surface area contributed by atoms with Crippen molar-refractivity contribution in [3.8, 4) is 5.69 Å². The lowest BCUT2D eigenvalue weighted by Gasteiger charge is -2.11. The zero-order valence-corrected chi connectivity index (χ0v) is 12.3. The van der Waals surface area contributed by atoms with Crippen LogP contribution in [-0.2, 0) is 6.54 Å². The average Bonchev–Trinajstić information content (AvgIpc) is 2.70. The molecule has 0 fully saturated rings. The molecule has 2 heterocycles. The molecule has 102 valence electrons. The second kappa shape index (κ2) is 6.17. The molecule has 0 amide bonds. The van der Waals surface area contributed by atoms with Crippen molar-refractivity contribution >= 4 is 11.6 Å². The Kier molecular flexibility index (Phi) is 4.56. The summed E-state index contributed by atoms with van der Waals surface area (Å²) in [4.78, 5) is 4.17. The van der Waals surface area contributed by atoms with Gasteiger partial charge in [0, 0.05) is 18.9 Å². The summed E-state index contributed by atoms with van der Waals surface area (Å²) in [5.74, 6) is 0.631. The van der Waals surface area contributed by atoms with Gasteiger partial charge in [-0.3, -0.25) is 4.98 Å².